The van der Waals surface area contributed by atoms with Gasteiger partial charge in [0.1, 0.15) is 18.8 Å². The number of benzene rings is 2. The van der Waals surface area contributed by atoms with Gasteiger partial charge in [0, 0.05) is 19.4 Å². The predicted molar refractivity (Wildman–Crippen MR) is 143 cm³/mol. The van der Waals surface area contributed by atoms with Gasteiger partial charge in [-0.3, -0.25) is 14.5 Å². The Bertz CT molecular complexity index is 1850. The van der Waals surface area contributed by atoms with Crippen molar-refractivity contribution in [2.75, 3.05) is 11.8 Å². The van der Waals surface area contributed by atoms with Gasteiger partial charge >= 0.3 is 0 Å². The molecule has 10 nitrogen and oxygen atoms in total. The van der Waals surface area contributed by atoms with Gasteiger partial charge in [-0.25, -0.2) is 27.2 Å². The molecule has 0 spiro atoms. The van der Waals surface area contributed by atoms with Crippen LogP contribution in [0.4, 0.5) is 14.5 Å². The topological polar surface area (TPSA) is 128 Å². The minimum Gasteiger partial charge on any atom is -0.472 e. The number of hydrogen-bond acceptors (Lipinski definition) is 7. The van der Waals surface area contributed by atoms with Crippen molar-refractivity contribution in [1.29, 1.82) is 0 Å². The molecule has 0 aliphatic carbocycles. The van der Waals surface area contributed by atoms with Crippen LogP contribution < -0.4 is 14.8 Å². The maximum Gasteiger partial charge on any atom is 0.271 e. The van der Waals surface area contributed by atoms with Crippen molar-refractivity contribution in [3.05, 3.63) is 101 Å². The van der Waals surface area contributed by atoms with Crippen molar-refractivity contribution in [2.24, 2.45) is 0 Å². The second kappa shape index (κ2) is 10.9. The number of ether oxygens (including phenoxy) is 1. The van der Waals surface area contributed by atoms with Gasteiger partial charge in [-0.05, 0) is 23.8 Å². The van der Waals surface area contributed by atoms with Crippen LogP contribution in [0.25, 0.3) is 16.8 Å². The van der Waals surface area contributed by atoms with Crippen LogP contribution in [0.2, 0.25) is 5.02 Å². The molecule has 40 heavy (non-hydrogen) atoms. The monoisotopic (exact) mass is 584 g/mol. The molecule has 0 unspecified atom stereocenters. The lowest BCUT2D eigenvalue weighted by molar-refractivity contribution is 0.0960. The van der Waals surface area contributed by atoms with Crippen LogP contribution in [0.5, 0.6) is 5.88 Å². The molecule has 2 N–H and O–H groups in total. The van der Waals surface area contributed by atoms with Gasteiger partial charge in [-0.15, -0.1) is 0 Å². The Morgan fingerprint density at radius 3 is 2.60 bits per heavy atom. The summed E-state index contributed by atoms with van der Waals surface area (Å²) in [5.41, 5.74) is -0.178. The largest absolute Gasteiger partial charge is 0.472 e. The summed E-state index contributed by atoms with van der Waals surface area (Å²) in [7, 11) is -3.08. The summed E-state index contributed by atoms with van der Waals surface area (Å²) in [6.07, 6.45) is 5.00. The number of nitrogens with zero attached hydrogens (tertiary/aromatic N) is 4. The van der Waals surface area contributed by atoms with E-state index in [-0.39, 0.29) is 28.9 Å². The van der Waals surface area contributed by atoms with Crippen molar-refractivity contribution in [2.45, 2.75) is 11.5 Å². The number of rotatable bonds is 8. The number of sulfonamides is 1. The number of carbonyl (C=O) groups is 1. The lowest BCUT2D eigenvalue weighted by atomic mass is 10.1. The highest BCUT2D eigenvalue weighted by atomic mass is 35.5. The molecule has 0 bridgehead atoms. The Morgan fingerprint density at radius 2 is 1.85 bits per heavy atom. The van der Waals surface area contributed by atoms with Gasteiger partial charge in [-0.1, -0.05) is 41.9 Å². The SMILES string of the molecule is CNC(=O)c1ncn2cc(-c3c(F)ccc(NS(=O)(=O)c4cc(Cl)cnc4OCc4ccccc4)c3F)ncc12. The fourth-order valence-corrected chi connectivity index (χ4v) is 5.22. The molecule has 3 aromatic heterocycles. The molecular formula is C26H19ClF2N6O4S. The minimum absolute atomic E-state index is 0.00154. The quantitative estimate of drug-likeness (QED) is 0.276. The first kappa shape index (κ1) is 27.0. The Hall–Kier alpha value is -4.62. The third-order valence-electron chi connectivity index (χ3n) is 5.75. The molecule has 5 aromatic rings. The van der Waals surface area contributed by atoms with E-state index in [2.05, 4.69) is 25.0 Å². The third-order valence-corrected chi connectivity index (χ3v) is 7.31. The van der Waals surface area contributed by atoms with Crippen molar-refractivity contribution >= 4 is 38.7 Å². The number of imidazole rings is 1. The molecule has 0 radical (unpaired) electrons. The van der Waals surface area contributed by atoms with Crippen LogP contribution in [0, 0.1) is 11.6 Å². The van der Waals surface area contributed by atoms with Gasteiger partial charge in [0.25, 0.3) is 15.9 Å². The van der Waals surface area contributed by atoms with Gasteiger partial charge in [0.2, 0.25) is 5.88 Å². The second-order valence-corrected chi connectivity index (χ2v) is 10.4. The molecule has 1 amide bonds. The van der Waals surface area contributed by atoms with Crippen LogP contribution in [0.1, 0.15) is 16.1 Å². The number of carbonyl (C=O) groups excluding carboxylic acids is 1. The van der Waals surface area contributed by atoms with E-state index in [1.165, 1.54) is 36.4 Å². The van der Waals surface area contributed by atoms with E-state index < -0.39 is 43.7 Å². The fraction of sp³-hybridized carbons (Fsp3) is 0.0769. The highest BCUT2D eigenvalue weighted by molar-refractivity contribution is 7.92. The highest BCUT2D eigenvalue weighted by Gasteiger charge is 2.26. The molecule has 0 saturated carbocycles. The number of aromatic nitrogens is 4. The summed E-state index contributed by atoms with van der Waals surface area (Å²) < 4.78 is 66.2. The normalized spacial score (nSPS) is 11.4. The van der Waals surface area contributed by atoms with Crippen molar-refractivity contribution < 1.29 is 26.7 Å². The third kappa shape index (κ3) is 5.28. The Kier molecular flexibility index (Phi) is 7.32. The lowest BCUT2D eigenvalue weighted by Gasteiger charge is -2.15. The highest BCUT2D eigenvalue weighted by Crippen LogP contribution is 2.33. The van der Waals surface area contributed by atoms with Crippen LogP contribution in [-0.2, 0) is 16.6 Å². The molecule has 3 heterocycles. The number of anilines is 1. The lowest BCUT2D eigenvalue weighted by Crippen LogP contribution is -2.18. The van der Waals surface area contributed by atoms with Crippen LogP contribution >= 0.6 is 11.6 Å². The Labute approximate surface area is 231 Å². The number of fused-ring (bicyclic) bond motifs is 1. The zero-order valence-electron chi connectivity index (χ0n) is 20.6. The molecular weight excluding hydrogens is 566 g/mol. The van der Waals surface area contributed by atoms with E-state index in [4.69, 9.17) is 16.3 Å². The molecule has 14 heteroatoms. The zero-order valence-corrected chi connectivity index (χ0v) is 22.2. The Morgan fingerprint density at radius 1 is 1.07 bits per heavy atom. The maximum absolute atomic E-state index is 15.6. The van der Waals surface area contributed by atoms with Crippen LogP contribution in [0.15, 0.2) is 78.3 Å². The van der Waals surface area contributed by atoms with E-state index in [9.17, 15) is 17.6 Å². The van der Waals surface area contributed by atoms with Crippen molar-refractivity contribution in [1.82, 2.24) is 24.7 Å². The number of pyridine rings is 1. The average molecular weight is 585 g/mol. The average Bonchev–Trinajstić information content (AvgIpc) is 3.37. The van der Waals surface area contributed by atoms with Gasteiger partial charge in [-0.2, -0.15) is 0 Å². The van der Waals surface area contributed by atoms with E-state index in [1.807, 2.05) is 6.07 Å². The van der Waals surface area contributed by atoms with Gasteiger partial charge in [0.05, 0.1) is 33.7 Å². The first-order valence-corrected chi connectivity index (χ1v) is 13.4. The van der Waals surface area contributed by atoms with E-state index in [1.54, 1.807) is 24.3 Å². The standard InChI is InChI=1S/C26H19ClF2N6O4S/c1-30-25(36)24-20-11-31-19(12-35(20)14-33-24)22-17(28)7-8-18(23(22)29)34-40(37,38)21-9-16(27)10-32-26(21)39-13-15-5-3-2-4-6-15/h2-12,14,34H,13H2,1H3,(H,30,36). The maximum atomic E-state index is 15.6. The first-order chi connectivity index (χ1) is 19.2. The molecule has 204 valence electrons. The molecule has 0 fully saturated rings. The van der Waals surface area contributed by atoms with Crippen LogP contribution in [-0.4, -0.2) is 40.7 Å². The number of nitrogens with one attached hydrogen (secondary N) is 2. The molecule has 0 aliphatic heterocycles. The first-order valence-electron chi connectivity index (χ1n) is 11.6. The Balaban J connectivity index is 1.49. The number of halogens is 3. The fourth-order valence-electron chi connectivity index (χ4n) is 3.82. The van der Waals surface area contributed by atoms with Crippen molar-refractivity contribution in [3.63, 3.8) is 0 Å². The van der Waals surface area contributed by atoms with Crippen molar-refractivity contribution in [3.8, 4) is 17.1 Å². The van der Waals surface area contributed by atoms with Gasteiger partial charge in [0.15, 0.2) is 16.4 Å². The predicted octanol–water partition coefficient (Wildman–Crippen LogP) is 4.46. The summed E-state index contributed by atoms with van der Waals surface area (Å²) in [6.45, 7) is 0.0110. The summed E-state index contributed by atoms with van der Waals surface area (Å²) in [6, 6.07) is 11.9. The minimum atomic E-state index is -4.51. The molecule has 2 aromatic carbocycles. The van der Waals surface area contributed by atoms with Gasteiger partial charge < -0.3 is 14.5 Å². The smallest absolute Gasteiger partial charge is 0.271 e. The number of hydrogen-bond donors (Lipinski definition) is 2. The molecule has 0 aliphatic rings. The molecule has 0 atom stereocenters. The molecule has 5 rings (SSSR count). The summed E-state index contributed by atoms with van der Waals surface area (Å²) in [5.74, 6) is -2.94. The number of amides is 1. The summed E-state index contributed by atoms with van der Waals surface area (Å²) in [4.78, 5) is 23.6. The molecule has 0 saturated heterocycles. The summed E-state index contributed by atoms with van der Waals surface area (Å²) in [5, 5.41) is 2.44. The van der Waals surface area contributed by atoms with E-state index in [0.29, 0.717) is 5.52 Å². The summed E-state index contributed by atoms with van der Waals surface area (Å²) >= 11 is 6.00. The van der Waals surface area contributed by atoms with E-state index in [0.717, 1.165) is 23.8 Å². The van der Waals surface area contributed by atoms with Crippen LogP contribution in [0.3, 0.4) is 0 Å². The second-order valence-electron chi connectivity index (χ2n) is 8.36. The zero-order chi connectivity index (χ0) is 28.4. The van der Waals surface area contributed by atoms with E-state index >= 15 is 4.39 Å².